The quantitative estimate of drug-likeness (QED) is 0.771. The van der Waals surface area contributed by atoms with Gasteiger partial charge in [0.1, 0.15) is 17.9 Å². The number of hydrogen-bond acceptors (Lipinski definition) is 3. The molecule has 0 bridgehead atoms. The summed E-state index contributed by atoms with van der Waals surface area (Å²) in [6, 6.07) is 3.71. The van der Waals surface area contributed by atoms with E-state index in [9.17, 15) is 14.0 Å². The fourth-order valence-electron chi connectivity index (χ4n) is 1.71. The Morgan fingerprint density at radius 2 is 2.21 bits per heavy atom. The van der Waals surface area contributed by atoms with E-state index in [1.54, 1.807) is 0 Å². The average molecular weight is 267 g/mol. The van der Waals surface area contributed by atoms with Gasteiger partial charge in [-0.2, -0.15) is 0 Å². The Hall–Kier alpha value is -1.91. The van der Waals surface area contributed by atoms with Crippen LogP contribution < -0.4 is 10.1 Å². The highest BCUT2D eigenvalue weighted by atomic mass is 19.1. The number of benzene rings is 1. The third-order valence-corrected chi connectivity index (χ3v) is 2.53. The molecule has 0 aliphatic rings. The Morgan fingerprint density at radius 3 is 2.84 bits per heavy atom. The molecule has 1 unspecified atom stereocenters. The van der Waals surface area contributed by atoms with Gasteiger partial charge in [0, 0.05) is 17.7 Å². The third kappa shape index (κ3) is 5.50. The molecule has 0 aromatic heterocycles. The van der Waals surface area contributed by atoms with Crippen molar-refractivity contribution in [3.63, 3.8) is 0 Å². The molecule has 0 aliphatic carbocycles. The molecular formula is C14H18FNO3. The van der Waals surface area contributed by atoms with E-state index in [1.807, 2.05) is 13.8 Å². The zero-order valence-electron chi connectivity index (χ0n) is 11.1. The fourth-order valence-corrected chi connectivity index (χ4v) is 1.71. The third-order valence-electron chi connectivity index (χ3n) is 2.53. The van der Waals surface area contributed by atoms with Crippen LogP contribution in [0, 0.1) is 5.82 Å². The van der Waals surface area contributed by atoms with Crippen molar-refractivity contribution in [2.24, 2.45) is 0 Å². The minimum absolute atomic E-state index is 0.0825. The summed E-state index contributed by atoms with van der Waals surface area (Å²) in [4.78, 5) is 22.1. The topological polar surface area (TPSA) is 55.4 Å². The van der Waals surface area contributed by atoms with Crippen molar-refractivity contribution in [2.75, 3.05) is 6.61 Å². The number of hydrogen-bond donors (Lipinski definition) is 1. The van der Waals surface area contributed by atoms with Crippen LogP contribution in [-0.2, 0) is 4.79 Å². The molecule has 0 radical (unpaired) electrons. The van der Waals surface area contributed by atoms with Crippen molar-refractivity contribution in [1.29, 1.82) is 0 Å². The van der Waals surface area contributed by atoms with Crippen molar-refractivity contribution in [3.05, 3.63) is 29.6 Å². The Bertz CT molecular complexity index is 448. The van der Waals surface area contributed by atoms with Gasteiger partial charge in [-0.15, -0.1) is 0 Å². The van der Waals surface area contributed by atoms with Gasteiger partial charge in [0.15, 0.2) is 6.61 Å². The normalized spacial score (nSPS) is 11.7. The first-order valence-electron chi connectivity index (χ1n) is 6.23. The van der Waals surface area contributed by atoms with E-state index in [0.29, 0.717) is 6.29 Å². The largest absolute Gasteiger partial charge is 0.484 e. The first kappa shape index (κ1) is 15.1. The van der Waals surface area contributed by atoms with Gasteiger partial charge in [0.2, 0.25) is 0 Å². The number of rotatable bonds is 7. The highest BCUT2D eigenvalue weighted by Gasteiger charge is 2.08. The summed E-state index contributed by atoms with van der Waals surface area (Å²) in [5, 5.41) is 2.77. The van der Waals surface area contributed by atoms with Crippen LogP contribution in [0.3, 0.4) is 0 Å². The number of aldehydes is 1. The number of amides is 1. The lowest BCUT2D eigenvalue weighted by Crippen LogP contribution is -2.35. The minimum Gasteiger partial charge on any atom is -0.484 e. The summed E-state index contributed by atoms with van der Waals surface area (Å²) >= 11 is 0. The highest BCUT2D eigenvalue weighted by Crippen LogP contribution is 2.15. The summed E-state index contributed by atoms with van der Waals surface area (Å²) in [5.74, 6) is -0.669. The van der Waals surface area contributed by atoms with Gasteiger partial charge in [0.05, 0.1) is 0 Å². The second-order valence-corrected chi connectivity index (χ2v) is 4.38. The molecule has 0 saturated carbocycles. The molecule has 1 aromatic rings. The lowest BCUT2D eigenvalue weighted by atomic mass is 10.2. The zero-order chi connectivity index (χ0) is 14.3. The zero-order valence-corrected chi connectivity index (χ0v) is 11.1. The molecule has 0 aliphatic heterocycles. The molecule has 104 valence electrons. The highest BCUT2D eigenvalue weighted by molar-refractivity contribution is 5.78. The molecule has 1 aromatic carbocycles. The lowest BCUT2D eigenvalue weighted by molar-refractivity contribution is -0.123. The maximum absolute atomic E-state index is 13.1. The van der Waals surface area contributed by atoms with Gasteiger partial charge in [-0.3, -0.25) is 9.59 Å². The molecule has 1 amide bonds. The van der Waals surface area contributed by atoms with Crippen LogP contribution in [0.4, 0.5) is 4.39 Å². The first-order valence-corrected chi connectivity index (χ1v) is 6.23. The van der Waals surface area contributed by atoms with Crippen LogP contribution in [-0.4, -0.2) is 24.8 Å². The van der Waals surface area contributed by atoms with E-state index in [4.69, 9.17) is 4.74 Å². The molecule has 1 atom stereocenters. The summed E-state index contributed by atoms with van der Waals surface area (Å²) in [6.45, 7) is 3.75. The van der Waals surface area contributed by atoms with Gasteiger partial charge in [-0.05, 0) is 25.5 Å². The Labute approximate surface area is 112 Å². The van der Waals surface area contributed by atoms with Gasteiger partial charge >= 0.3 is 0 Å². The van der Waals surface area contributed by atoms with E-state index in [0.717, 1.165) is 25.0 Å². The molecule has 4 nitrogen and oxygen atoms in total. The summed E-state index contributed by atoms with van der Waals surface area (Å²) in [6.07, 6.45) is 2.40. The van der Waals surface area contributed by atoms with Crippen molar-refractivity contribution in [1.82, 2.24) is 5.32 Å². The number of carbonyl (C=O) groups excluding carboxylic acids is 2. The maximum Gasteiger partial charge on any atom is 0.258 e. The lowest BCUT2D eigenvalue weighted by Gasteiger charge is -2.13. The number of nitrogens with one attached hydrogen (secondary N) is 1. The van der Waals surface area contributed by atoms with Crippen LogP contribution in [0.15, 0.2) is 18.2 Å². The van der Waals surface area contributed by atoms with Crippen LogP contribution in [0.25, 0.3) is 0 Å². The summed E-state index contributed by atoms with van der Waals surface area (Å²) in [5.41, 5.74) is 0.176. The standard InChI is InChI=1S/C14H18FNO3/c1-3-4-10(2)16-14(18)9-19-13-6-11(8-17)5-12(15)7-13/h5-8,10H,3-4,9H2,1-2H3,(H,16,18). The average Bonchev–Trinajstić information content (AvgIpc) is 2.36. The monoisotopic (exact) mass is 267 g/mol. The first-order chi connectivity index (χ1) is 9.05. The Balaban J connectivity index is 2.50. The molecule has 5 heteroatoms. The van der Waals surface area contributed by atoms with E-state index in [1.165, 1.54) is 6.07 Å². The van der Waals surface area contributed by atoms with Gasteiger partial charge in [0.25, 0.3) is 5.91 Å². The molecule has 19 heavy (non-hydrogen) atoms. The molecular weight excluding hydrogens is 249 g/mol. The van der Waals surface area contributed by atoms with Crippen molar-refractivity contribution < 1.29 is 18.7 Å². The molecule has 1 N–H and O–H groups in total. The van der Waals surface area contributed by atoms with E-state index in [2.05, 4.69) is 5.32 Å². The number of halogens is 1. The molecule has 0 saturated heterocycles. The van der Waals surface area contributed by atoms with Crippen LogP contribution >= 0.6 is 0 Å². The smallest absolute Gasteiger partial charge is 0.258 e. The van der Waals surface area contributed by atoms with Gasteiger partial charge < -0.3 is 10.1 Å². The van der Waals surface area contributed by atoms with Gasteiger partial charge in [-0.1, -0.05) is 13.3 Å². The van der Waals surface area contributed by atoms with Crippen molar-refractivity contribution in [2.45, 2.75) is 32.7 Å². The van der Waals surface area contributed by atoms with E-state index < -0.39 is 5.82 Å². The second-order valence-electron chi connectivity index (χ2n) is 4.38. The SMILES string of the molecule is CCCC(C)NC(=O)COc1cc(F)cc(C=O)c1. The minimum atomic E-state index is -0.570. The van der Waals surface area contributed by atoms with Crippen LogP contribution in [0.1, 0.15) is 37.0 Å². The van der Waals surface area contributed by atoms with Gasteiger partial charge in [-0.25, -0.2) is 4.39 Å². The molecule has 0 heterocycles. The number of carbonyl (C=O) groups is 2. The summed E-state index contributed by atoms with van der Waals surface area (Å²) in [7, 11) is 0. The van der Waals surface area contributed by atoms with Crippen molar-refractivity contribution in [3.8, 4) is 5.75 Å². The molecule has 0 spiro atoms. The van der Waals surface area contributed by atoms with Crippen molar-refractivity contribution >= 4 is 12.2 Å². The predicted molar refractivity (Wildman–Crippen MR) is 69.8 cm³/mol. The van der Waals surface area contributed by atoms with E-state index >= 15 is 0 Å². The van der Waals surface area contributed by atoms with E-state index in [-0.39, 0.29) is 29.9 Å². The Morgan fingerprint density at radius 1 is 1.47 bits per heavy atom. The molecule has 0 fully saturated rings. The number of ether oxygens (including phenoxy) is 1. The Kier molecular flexibility index (Phi) is 5.99. The second kappa shape index (κ2) is 7.51. The fraction of sp³-hybridized carbons (Fsp3) is 0.429. The maximum atomic E-state index is 13.1. The van der Waals surface area contributed by atoms with Crippen LogP contribution in [0.2, 0.25) is 0 Å². The molecule has 1 rings (SSSR count). The predicted octanol–water partition coefficient (Wildman–Crippen LogP) is 2.32. The summed E-state index contributed by atoms with van der Waals surface area (Å²) < 4.78 is 18.3. The van der Waals surface area contributed by atoms with Crippen LogP contribution in [0.5, 0.6) is 5.75 Å².